The summed E-state index contributed by atoms with van der Waals surface area (Å²) in [4.78, 5) is 0. The van der Waals surface area contributed by atoms with Crippen LogP contribution in [0.3, 0.4) is 0 Å². The van der Waals surface area contributed by atoms with E-state index in [-0.39, 0.29) is 23.4 Å². The third-order valence-corrected chi connectivity index (χ3v) is 4.40. The van der Waals surface area contributed by atoms with Gasteiger partial charge in [0.05, 0.1) is 11.2 Å². The van der Waals surface area contributed by atoms with Gasteiger partial charge in [0.2, 0.25) is 0 Å². The van der Waals surface area contributed by atoms with E-state index < -0.39 is 18.0 Å². The maximum Gasteiger partial charge on any atom is 0.387 e. The molecule has 2 N–H and O–H groups in total. The van der Waals surface area contributed by atoms with Crippen LogP contribution in [0.2, 0.25) is 0 Å². The van der Waals surface area contributed by atoms with Gasteiger partial charge in [-0.1, -0.05) is 12.5 Å². The van der Waals surface area contributed by atoms with Crippen molar-refractivity contribution in [1.82, 2.24) is 5.32 Å². The largest absolute Gasteiger partial charge is 0.434 e. The highest BCUT2D eigenvalue weighted by Crippen LogP contribution is 2.44. The average Bonchev–Trinajstić information content (AvgIpc) is 2.36. The molecule has 0 saturated carbocycles. The number of ether oxygens (including phenoxy) is 1. The number of nitrogens with one attached hydrogen (secondary N) is 1. The van der Waals surface area contributed by atoms with Gasteiger partial charge in [-0.25, -0.2) is 4.39 Å². The average molecular weight is 301 g/mol. The van der Waals surface area contributed by atoms with Crippen molar-refractivity contribution in [2.45, 2.75) is 56.4 Å². The van der Waals surface area contributed by atoms with Crippen LogP contribution in [0.4, 0.5) is 13.2 Å². The highest BCUT2D eigenvalue weighted by molar-refractivity contribution is 5.40. The summed E-state index contributed by atoms with van der Waals surface area (Å²) < 4.78 is 43.6. The molecule has 6 heteroatoms. The van der Waals surface area contributed by atoms with E-state index in [0.717, 1.165) is 19.3 Å². The highest BCUT2D eigenvalue weighted by Gasteiger charge is 2.44. The Kier molecular flexibility index (Phi) is 3.84. The topological polar surface area (TPSA) is 41.5 Å². The standard InChI is InChI=1S/C15H18F3NO2/c16-11-5-2-6-12(21-14(17)18)13(11)15(20)7-9-3-1-4-10(8-15)19-9/h2,5-6,9-10,14,19-20H,1,3-4,7-8H2. The zero-order valence-corrected chi connectivity index (χ0v) is 11.5. The Morgan fingerprint density at radius 3 is 2.52 bits per heavy atom. The first-order valence-electron chi connectivity index (χ1n) is 7.20. The number of hydrogen-bond acceptors (Lipinski definition) is 3. The molecule has 2 bridgehead atoms. The van der Waals surface area contributed by atoms with Gasteiger partial charge in [-0.3, -0.25) is 0 Å². The molecular formula is C15H18F3NO2. The molecule has 2 unspecified atom stereocenters. The van der Waals surface area contributed by atoms with Crippen molar-refractivity contribution >= 4 is 0 Å². The molecular weight excluding hydrogens is 283 g/mol. The lowest BCUT2D eigenvalue weighted by Crippen LogP contribution is -2.54. The van der Waals surface area contributed by atoms with E-state index in [2.05, 4.69) is 10.1 Å². The first kappa shape index (κ1) is 14.7. The second-order valence-electron chi connectivity index (χ2n) is 5.92. The summed E-state index contributed by atoms with van der Waals surface area (Å²) in [7, 11) is 0. The van der Waals surface area contributed by atoms with Gasteiger partial charge < -0.3 is 15.2 Å². The first-order chi connectivity index (χ1) is 9.98. The van der Waals surface area contributed by atoms with Crippen molar-refractivity contribution in [2.24, 2.45) is 0 Å². The number of piperidine rings is 2. The van der Waals surface area contributed by atoms with E-state index in [1.165, 1.54) is 18.2 Å². The summed E-state index contributed by atoms with van der Waals surface area (Å²) in [6, 6.07) is 3.93. The van der Waals surface area contributed by atoms with Crippen molar-refractivity contribution in [3.63, 3.8) is 0 Å². The van der Waals surface area contributed by atoms with E-state index in [9.17, 15) is 18.3 Å². The normalized spacial score (nSPS) is 32.2. The van der Waals surface area contributed by atoms with Gasteiger partial charge in [0.15, 0.2) is 0 Å². The van der Waals surface area contributed by atoms with Gasteiger partial charge in [-0.15, -0.1) is 0 Å². The van der Waals surface area contributed by atoms with E-state index in [0.29, 0.717) is 12.8 Å². The van der Waals surface area contributed by atoms with Crippen LogP contribution < -0.4 is 10.1 Å². The lowest BCUT2D eigenvalue weighted by Gasteiger charge is -2.45. The monoisotopic (exact) mass is 301 g/mol. The zero-order chi connectivity index (χ0) is 15.0. The van der Waals surface area contributed by atoms with Crippen LogP contribution in [0, 0.1) is 5.82 Å². The molecule has 2 fully saturated rings. The Morgan fingerprint density at radius 1 is 1.24 bits per heavy atom. The second kappa shape index (κ2) is 5.50. The van der Waals surface area contributed by atoms with E-state index in [4.69, 9.17) is 0 Å². The van der Waals surface area contributed by atoms with Gasteiger partial charge in [0.1, 0.15) is 11.6 Å². The number of halogens is 3. The number of hydrogen-bond donors (Lipinski definition) is 2. The van der Waals surface area contributed by atoms with Crippen LogP contribution >= 0.6 is 0 Å². The van der Waals surface area contributed by atoms with Gasteiger partial charge in [0.25, 0.3) is 0 Å². The summed E-state index contributed by atoms with van der Waals surface area (Å²) in [5.41, 5.74) is -1.60. The van der Waals surface area contributed by atoms with Crippen molar-refractivity contribution < 1.29 is 23.0 Å². The van der Waals surface area contributed by atoms with Crippen LogP contribution in [0.15, 0.2) is 18.2 Å². The third kappa shape index (κ3) is 2.87. The molecule has 2 atom stereocenters. The predicted molar refractivity (Wildman–Crippen MR) is 70.7 cm³/mol. The predicted octanol–water partition coefficient (Wildman–Crippen LogP) is 2.92. The number of alkyl halides is 2. The lowest BCUT2D eigenvalue weighted by atomic mass is 9.73. The molecule has 0 aliphatic carbocycles. The van der Waals surface area contributed by atoms with Gasteiger partial charge in [-0.05, 0) is 37.8 Å². The SMILES string of the molecule is OC1(c2c(F)cccc2OC(F)F)CC2CCCC(C1)N2. The molecule has 2 saturated heterocycles. The van der Waals surface area contributed by atoms with Crippen LogP contribution in [-0.4, -0.2) is 23.8 Å². The fourth-order valence-electron chi connectivity index (χ4n) is 3.69. The quantitative estimate of drug-likeness (QED) is 0.902. The summed E-state index contributed by atoms with van der Waals surface area (Å²) in [6.07, 6.45) is 3.49. The van der Waals surface area contributed by atoms with Gasteiger partial charge >= 0.3 is 6.61 Å². The van der Waals surface area contributed by atoms with Crippen LogP contribution in [0.5, 0.6) is 5.75 Å². The Balaban J connectivity index is 1.98. The maximum atomic E-state index is 14.2. The van der Waals surface area contributed by atoms with Gasteiger partial charge in [0, 0.05) is 12.1 Å². The molecule has 3 rings (SSSR count). The summed E-state index contributed by atoms with van der Waals surface area (Å²) in [5, 5.41) is 14.3. The molecule has 0 spiro atoms. The minimum absolute atomic E-state index is 0.0847. The second-order valence-corrected chi connectivity index (χ2v) is 5.92. The lowest BCUT2D eigenvalue weighted by molar-refractivity contribution is -0.0645. The van der Waals surface area contributed by atoms with E-state index >= 15 is 0 Å². The van der Waals surface area contributed by atoms with E-state index in [1.54, 1.807) is 0 Å². The molecule has 0 amide bonds. The van der Waals surface area contributed by atoms with Crippen molar-refractivity contribution in [3.8, 4) is 5.75 Å². The molecule has 2 heterocycles. The molecule has 3 nitrogen and oxygen atoms in total. The van der Waals surface area contributed by atoms with E-state index in [1.807, 2.05) is 0 Å². The number of rotatable bonds is 3. The van der Waals surface area contributed by atoms with Crippen molar-refractivity contribution in [1.29, 1.82) is 0 Å². The maximum absolute atomic E-state index is 14.2. The Bertz CT molecular complexity index is 512. The third-order valence-electron chi connectivity index (χ3n) is 4.40. The van der Waals surface area contributed by atoms with Crippen LogP contribution in [0.1, 0.15) is 37.7 Å². The first-order valence-corrected chi connectivity index (χ1v) is 7.20. The molecule has 0 radical (unpaired) electrons. The Hall–Kier alpha value is -1.27. The summed E-state index contributed by atoms with van der Waals surface area (Å²) in [6.45, 7) is -3.05. The van der Waals surface area contributed by atoms with Crippen LogP contribution in [0.25, 0.3) is 0 Å². The smallest absolute Gasteiger partial charge is 0.387 e. The van der Waals surface area contributed by atoms with Crippen molar-refractivity contribution in [2.75, 3.05) is 0 Å². The van der Waals surface area contributed by atoms with Crippen molar-refractivity contribution in [3.05, 3.63) is 29.6 Å². The Labute approximate surface area is 121 Å². The van der Waals surface area contributed by atoms with Crippen LogP contribution in [-0.2, 0) is 5.60 Å². The molecule has 116 valence electrons. The fourth-order valence-corrected chi connectivity index (χ4v) is 3.69. The molecule has 1 aromatic carbocycles. The Morgan fingerprint density at radius 2 is 1.90 bits per heavy atom. The number of aliphatic hydroxyl groups is 1. The molecule has 2 aliphatic heterocycles. The molecule has 1 aromatic rings. The minimum Gasteiger partial charge on any atom is -0.434 e. The summed E-state index contributed by atoms with van der Waals surface area (Å²) in [5.74, 6) is -0.969. The molecule has 2 aliphatic rings. The van der Waals surface area contributed by atoms with Gasteiger partial charge in [-0.2, -0.15) is 8.78 Å². The highest BCUT2D eigenvalue weighted by atomic mass is 19.3. The molecule has 21 heavy (non-hydrogen) atoms. The number of benzene rings is 1. The molecule has 0 aromatic heterocycles. The minimum atomic E-state index is -3.05. The fraction of sp³-hybridized carbons (Fsp3) is 0.600. The summed E-state index contributed by atoms with van der Waals surface area (Å²) >= 11 is 0. The zero-order valence-electron chi connectivity index (χ0n) is 11.5. The number of fused-ring (bicyclic) bond motifs is 2.